The SMILES string of the molecule is O=C(c1cc(O)c(O)c(O)c1)c1ccc(O)c(F)c1O. The van der Waals surface area contributed by atoms with Crippen molar-refractivity contribution >= 4 is 5.78 Å². The van der Waals surface area contributed by atoms with Gasteiger partial charge in [0.1, 0.15) is 0 Å². The first-order chi connectivity index (χ1) is 9.32. The summed E-state index contributed by atoms with van der Waals surface area (Å²) in [6, 6.07) is 3.56. The Kier molecular flexibility index (Phi) is 3.11. The highest BCUT2D eigenvalue weighted by Gasteiger charge is 2.21. The molecule has 0 aliphatic heterocycles. The summed E-state index contributed by atoms with van der Waals surface area (Å²) in [5.74, 6) is -6.44. The largest absolute Gasteiger partial charge is 0.505 e. The zero-order valence-electron chi connectivity index (χ0n) is 9.83. The maximum atomic E-state index is 13.3. The molecule has 20 heavy (non-hydrogen) atoms. The van der Waals surface area contributed by atoms with Crippen LogP contribution < -0.4 is 0 Å². The van der Waals surface area contributed by atoms with Crippen molar-refractivity contribution in [3.8, 4) is 28.7 Å². The standard InChI is InChI=1S/C13H9FO6/c14-10-7(15)2-1-6(12(10)19)11(18)5-3-8(16)13(20)9(17)4-5/h1-4,15-17,19-20H. The molecule has 0 unspecified atom stereocenters. The van der Waals surface area contributed by atoms with Crippen molar-refractivity contribution in [1.29, 1.82) is 0 Å². The number of phenolic OH excluding ortho intramolecular Hbond substituents is 5. The molecule has 0 aliphatic rings. The van der Waals surface area contributed by atoms with E-state index in [0.717, 1.165) is 24.3 Å². The van der Waals surface area contributed by atoms with Gasteiger partial charge in [0, 0.05) is 5.56 Å². The summed E-state index contributed by atoms with van der Waals surface area (Å²) >= 11 is 0. The number of phenols is 5. The van der Waals surface area contributed by atoms with Gasteiger partial charge in [-0.3, -0.25) is 4.79 Å². The third-order valence-electron chi connectivity index (χ3n) is 2.67. The summed E-state index contributed by atoms with van der Waals surface area (Å²) in [5, 5.41) is 46.3. The van der Waals surface area contributed by atoms with E-state index in [0.29, 0.717) is 0 Å². The summed E-state index contributed by atoms with van der Waals surface area (Å²) in [4.78, 5) is 12.0. The van der Waals surface area contributed by atoms with Gasteiger partial charge in [0.15, 0.2) is 34.5 Å². The molecule has 2 aromatic rings. The minimum Gasteiger partial charge on any atom is -0.505 e. The first kappa shape index (κ1) is 13.5. The van der Waals surface area contributed by atoms with Gasteiger partial charge in [-0.15, -0.1) is 0 Å². The average Bonchev–Trinajstić information content (AvgIpc) is 2.41. The summed E-state index contributed by atoms with van der Waals surface area (Å²) in [5.41, 5.74) is -0.747. The molecule has 0 radical (unpaired) electrons. The molecular weight excluding hydrogens is 271 g/mol. The number of aromatic hydroxyl groups is 5. The molecule has 104 valence electrons. The highest BCUT2D eigenvalue weighted by atomic mass is 19.1. The molecular formula is C13H9FO6. The van der Waals surface area contributed by atoms with E-state index in [1.54, 1.807) is 0 Å². The fourth-order valence-electron chi connectivity index (χ4n) is 1.63. The summed E-state index contributed by atoms with van der Waals surface area (Å²) < 4.78 is 13.3. The van der Waals surface area contributed by atoms with E-state index < -0.39 is 45.9 Å². The second-order valence-corrected chi connectivity index (χ2v) is 3.99. The van der Waals surface area contributed by atoms with Crippen molar-refractivity contribution in [3.05, 3.63) is 41.2 Å². The molecule has 0 saturated heterocycles. The maximum absolute atomic E-state index is 13.3. The average molecular weight is 280 g/mol. The van der Waals surface area contributed by atoms with Gasteiger partial charge in [-0.1, -0.05) is 0 Å². The van der Waals surface area contributed by atoms with Gasteiger partial charge in [-0.25, -0.2) is 0 Å². The topological polar surface area (TPSA) is 118 Å². The van der Waals surface area contributed by atoms with E-state index in [-0.39, 0.29) is 5.56 Å². The third kappa shape index (κ3) is 2.05. The number of halogens is 1. The summed E-state index contributed by atoms with van der Waals surface area (Å²) in [6.07, 6.45) is 0. The lowest BCUT2D eigenvalue weighted by atomic mass is 10.0. The number of carbonyl (C=O) groups excluding carboxylic acids is 1. The van der Waals surface area contributed by atoms with E-state index >= 15 is 0 Å². The molecule has 0 heterocycles. The van der Waals surface area contributed by atoms with Crippen LogP contribution in [0, 0.1) is 5.82 Å². The number of ketones is 1. The van der Waals surface area contributed by atoms with Crippen LogP contribution >= 0.6 is 0 Å². The molecule has 0 saturated carbocycles. The maximum Gasteiger partial charge on any atom is 0.207 e. The van der Waals surface area contributed by atoms with Crippen molar-refractivity contribution in [1.82, 2.24) is 0 Å². The molecule has 6 nitrogen and oxygen atoms in total. The summed E-state index contributed by atoms with van der Waals surface area (Å²) in [7, 11) is 0. The Balaban J connectivity index is 2.55. The summed E-state index contributed by atoms with van der Waals surface area (Å²) in [6.45, 7) is 0. The first-order valence-corrected chi connectivity index (χ1v) is 5.33. The Morgan fingerprint density at radius 1 is 0.850 bits per heavy atom. The van der Waals surface area contributed by atoms with Crippen LogP contribution in [-0.2, 0) is 0 Å². The fourth-order valence-corrected chi connectivity index (χ4v) is 1.63. The smallest absolute Gasteiger partial charge is 0.207 e. The van der Waals surface area contributed by atoms with E-state index in [4.69, 9.17) is 10.2 Å². The Hall–Kier alpha value is -2.96. The van der Waals surface area contributed by atoms with Crippen LogP contribution in [0.4, 0.5) is 4.39 Å². The molecule has 0 atom stereocenters. The quantitative estimate of drug-likeness (QED) is 0.421. The molecule has 0 aliphatic carbocycles. The lowest BCUT2D eigenvalue weighted by Crippen LogP contribution is -2.02. The minimum atomic E-state index is -1.36. The van der Waals surface area contributed by atoms with Crippen molar-refractivity contribution in [2.45, 2.75) is 0 Å². The Labute approximate surface area is 111 Å². The highest BCUT2D eigenvalue weighted by molar-refractivity contribution is 6.11. The van der Waals surface area contributed by atoms with Crippen LogP contribution in [0.3, 0.4) is 0 Å². The minimum absolute atomic E-state index is 0.279. The Morgan fingerprint density at radius 2 is 1.40 bits per heavy atom. The number of hydrogen-bond acceptors (Lipinski definition) is 6. The number of hydrogen-bond donors (Lipinski definition) is 5. The van der Waals surface area contributed by atoms with Crippen molar-refractivity contribution in [2.24, 2.45) is 0 Å². The molecule has 0 bridgehead atoms. The normalized spacial score (nSPS) is 10.4. The molecule has 5 N–H and O–H groups in total. The number of rotatable bonds is 2. The molecule has 2 rings (SSSR count). The third-order valence-corrected chi connectivity index (χ3v) is 2.67. The van der Waals surface area contributed by atoms with Crippen LogP contribution in [0.5, 0.6) is 28.7 Å². The van der Waals surface area contributed by atoms with Gasteiger partial charge in [0.05, 0.1) is 5.56 Å². The molecule has 0 amide bonds. The number of carbonyl (C=O) groups is 1. The van der Waals surface area contributed by atoms with E-state index in [2.05, 4.69) is 0 Å². The van der Waals surface area contributed by atoms with Crippen LogP contribution in [0.1, 0.15) is 15.9 Å². The van der Waals surface area contributed by atoms with Gasteiger partial charge in [0.2, 0.25) is 5.82 Å². The van der Waals surface area contributed by atoms with E-state index in [1.165, 1.54) is 0 Å². The zero-order chi connectivity index (χ0) is 15.0. The predicted octanol–water partition coefficient (Wildman–Crippen LogP) is 1.58. The van der Waals surface area contributed by atoms with Crippen LogP contribution in [-0.4, -0.2) is 31.3 Å². The lowest BCUT2D eigenvalue weighted by Gasteiger charge is -2.08. The second kappa shape index (κ2) is 4.61. The van der Waals surface area contributed by atoms with Crippen molar-refractivity contribution in [2.75, 3.05) is 0 Å². The first-order valence-electron chi connectivity index (χ1n) is 5.33. The Morgan fingerprint density at radius 3 is 1.95 bits per heavy atom. The zero-order valence-corrected chi connectivity index (χ0v) is 9.83. The van der Waals surface area contributed by atoms with Crippen LogP contribution in [0.15, 0.2) is 24.3 Å². The Bertz CT molecular complexity index is 687. The molecule has 7 heteroatoms. The van der Waals surface area contributed by atoms with Crippen molar-refractivity contribution in [3.63, 3.8) is 0 Å². The van der Waals surface area contributed by atoms with Gasteiger partial charge < -0.3 is 25.5 Å². The van der Waals surface area contributed by atoms with Crippen molar-refractivity contribution < 1.29 is 34.7 Å². The monoisotopic (exact) mass is 280 g/mol. The van der Waals surface area contributed by atoms with Crippen LogP contribution in [0.25, 0.3) is 0 Å². The van der Waals surface area contributed by atoms with E-state index in [1.807, 2.05) is 0 Å². The second-order valence-electron chi connectivity index (χ2n) is 3.99. The molecule has 0 spiro atoms. The molecule has 2 aromatic carbocycles. The number of benzene rings is 2. The van der Waals surface area contributed by atoms with Gasteiger partial charge in [-0.05, 0) is 24.3 Å². The molecule has 0 aromatic heterocycles. The van der Waals surface area contributed by atoms with Crippen LogP contribution in [0.2, 0.25) is 0 Å². The fraction of sp³-hybridized carbons (Fsp3) is 0. The van der Waals surface area contributed by atoms with Gasteiger partial charge in [-0.2, -0.15) is 4.39 Å². The van der Waals surface area contributed by atoms with Gasteiger partial charge >= 0.3 is 0 Å². The predicted molar refractivity (Wildman–Crippen MR) is 64.6 cm³/mol. The van der Waals surface area contributed by atoms with Gasteiger partial charge in [0.25, 0.3) is 0 Å². The van der Waals surface area contributed by atoms with E-state index in [9.17, 15) is 24.5 Å². The highest BCUT2D eigenvalue weighted by Crippen LogP contribution is 2.37. The molecule has 0 fully saturated rings. The lowest BCUT2D eigenvalue weighted by molar-refractivity contribution is 0.103.